The Balaban J connectivity index is 2.23. The minimum atomic E-state index is -0.302. The zero-order chi connectivity index (χ0) is 14.3. The van der Waals surface area contributed by atoms with Crippen molar-refractivity contribution in [3.05, 3.63) is 35.9 Å². The second kappa shape index (κ2) is 7.26. The molecule has 0 aliphatic heterocycles. The van der Waals surface area contributed by atoms with E-state index in [2.05, 4.69) is 5.32 Å². The van der Waals surface area contributed by atoms with Gasteiger partial charge in [0.1, 0.15) is 6.61 Å². The topological polar surface area (TPSA) is 64.3 Å². The number of nitrogens with two attached hydrogens (primary N) is 1. The number of hydrogen-bond acceptors (Lipinski definition) is 3. The van der Waals surface area contributed by atoms with Crippen molar-refractivity contribution in [3.8, 4) is 0 Å². The van der Waals surface area contributed by atoms with Gasteiger partial charge in [-0.1, -0.05) is 30.3 Å². The summed E-state index contributed by atoms with van der Waals surface area (Å²) in [7, 11) is 0. The maximum atomic E-state index is 11.6. The van der Waals surface area contributed by atoms with Gasteiger partial charge in [-0.2, -0.15) is 0 Å². The van der Waals surface area contributed by atoms with Crippen LogP contribution in [0, 0.1) is 0 Å². The maximum Gasteiger partial charge on any atom is 0.246 e. The summed E-state index contributed by atoms with van der Waals surface area (Å²) in [4.78, 5) is 11.6. The van der Waals surface area contributed by atoms with Crippen molar-refractivity contribution in [1.82, 2.24) is 5.32 Å². The number of nitrogens with one attached hydrogen (secondary N) is 1. The van der Waals surface area contributed by atoms with Gasteiger partial charge in [-0.25, -0.2) is 0 Å². The molecule has 1 aromatic rings. The minimum absolute atomic E-state index is 0.0710. The zero-order valence-electron chi connectivity index (χ0n) is 12.0. The molecule has 0 radical (unpaired) electrons. The highest BCUT2D eigenvalue weighted by Gasteiger charge is 2.13. The first-order valence-corrected chi connectivity index (χ1v) is 6.57. The van der Waals surface area contributed by atoms with Crippen LogP contribution in [-0.2, 0) is 16.0 Å². The van der Waals surface area contributed by atoms with Gasteiger partial charge in [0.25, 0.3) is 0 Å². The van der Waals surface area contributed by atoms with E-state index in [9.17, 15) is 4.79 Å². The van der Waals surface area contributed by atoms with Crippen LogP contribution in [0.5, 0.6) is 0 Å². The van der Waals surface area contributed by atoms with Crippen LogP contribution < -0.4 is 11.1 Å². The Labute approximate surface area is 115 Å². The molecular weight excluding hydrogens is 240 g/mol. The first kappa shape index (κ1) is 15.7. The van der Waals surface area contributed by atoms with Crippen LogP contribution in [0.15, 0.2) is 30.3 Å². The smallest absolute Gasteiger partial charge is 0.246 e. The number of carbonyl (C=O) groups is 1. The van der Waals surface area contributed by atoms with Crippen molar-refractivity contribution in [2.45, 2.75) is 38.8 Å². The third-order valence-corrected chi connectivity index (χ3v) is 2.54. The molecule has 3 N–H and O–H groups in total. The average molecular weight is 264 g/mol. The van der Waals surface area contributed by atoms with E-state index in [1.165, 1.54) is 5.56 Å². The molecule has 0 spiro atoms. The standard InChI is InChI=1S/C15H24N2O2/c1-15(2,3)19-11-14(18)17-10-13(16)9-12-7-5-4-6-8-12/h4-8,13H,9-11,16H2,1-3H3,(H,17,18). The lowest BCUT2D eigenvalue weighted by Crippen LogP contribution is -2.41. The third kappa shape index (κ3) is 7.59. The Kier molecular flexibility index (Phi) is 5.99. The molecule has 1 atom stereocenters. The van der Waals surface area contributed by atoms with E-state index in [1.54, 1.807) is 0 Å². The zero-order valence-corrected chi connectivity index (χ0v) is 12.0. The highest BCUT2D eigenvalue weighted by atomic mass is 16.5. The Hall–Kier alpha value is -1.39. The molecule has 1 aromatic carbocycles. The fourth-order valence-electron chi connectivity index (χ4n) is 1.57. The molecule has 0 bridgehead atoms. The van der Waals surface area contributed by atoms with Crippen molar-refractivity contribution in [2.24, 2.45) is 5.73 Å². The van der Waals surface area contributed by atoms with Crippen molar-refractivity contribution in [3.63, 3.8) is 0 Å². The molecule has 19 heavy (non-hydrogen) atoms. The number of rotatable bonds is 6. The van der Waals surface area contributed by atoms with Crippen LogP contribution in [-0.4, -0.2) is 30.7 Å². The highest BCUT2D eigenvalue weighted by molar-refractivity contribution is 5.77. The van der Waals surface area contributed by atoms with Crippen LogP contribution in [0.4, 0.5) is 0 Å². The van der Waals surface area contributed by atoms with Crippen molar-refractivity contribution < 1.29 is 9.53 Å². The molecule has 4 nitrogen and oxygen atoms in total. The van der Waals surface area contributed by atoms with E-state index in [0.717, 1.165) is 6.42 Å². The summed E-state index contributed by atoms with van der Waals surface area (Å²) in [5, 5.41) is 2.79. The Morgan fingerprint density at radius 2 is 1.95 bits per heavy atom. The number of benzene rings is 1. The molecule has 0 fully saturated rings. The first-order valence-electron chi connectivity index (χ1n) is 6.57. The van der Waals surface area contributed by atoms with E-state index < -0.39 is 0 Å². The molecule has 0 aromatic heterocycles. The van der Waals surface area contributed by atoms with Gasteiger partial charge in [0.2, 0.25) is 5.91 Å². The Morgan fingerprint density at radius 3 is 2.53 bits per heavy atom. The molecular formula is C15H24N2O2. The van der Waals surface area contributed by atoms with Crippen molar-refractivity contribution >= 4 is 5.91 Å². The van der Waals surface area contributed by atoms with Gasteiger partial charge in [-0.05, 0) is 32.8 Å². The monoisotopic (exact) mass is 264 g/mol. The SMILES string of the molecule is CC(C)(C)OCC(=O)NCC(N)Cc1ccccc1. The number of amides is 1. The van der Waals surface area contributed by atoms with Crippen LogP contribution in [0.25, 0.3) is 0 Å². The van der Waals surface area contributed by atoms with Crippen LogP contribution in [0.3, 0.4) is 0 Å². The van der Waals surface area contributed by atoms with Gasteiger partial charge < -0.3 is 15.8 Å². The third-order valence-electron chi connectivity index (χ3n) is 2.54. The number of hydrogen-bond donors (Lipinski definition) is 2. The summed E-state index contributed by atoms with van der Waals surface area (Å²) in [6.45, 7) is 6.28. The Morgan fingerprint density at radius 1 is 1.32 bits per heavy atom. The summed E-state index contributed by atoms with van der Waals surface area (Å²) >= 11 is 0. The summed E-state index contributed by atoms with van der Waals surface area (Å²) in [5.74, 6) is -0.126. The average Bonchev–Trinajstić information content (AvgIpc) is 2.34. The second-order valence-corrected chi connectivity index (χ2v) is 5.65. The quantitative estimate of drug-likeness (QED) is 0.818. The van der Waals surface area contributed by atoms with Crippen molar-refractivity contribution in [2.75, 3.05) is 13.2 Å². The minimum Gasteiger partial charge on any atom is -0.366 e. The lowest BCUT2D eigenvalue weighted by molar-refractivity contribution is -0.130. The fourth-order valence-corrected chi connectivity index (χ4v) is 1.57. The van der Waals surface area contributed by atoms with E-state index in [0.29, 0.717) is 6.54 Å². The molecule has 1 rings (SSSR count). The summed E-state index contributed by atoms with van der Waals surface area (Å²) < 4.78 is 5.39. The lowest BCUT2D eigenvalue weighted by Gasteiger charge is -2.19. The molecule has 1 amide bonds. The molecule has 0 heterocycles. The normalized spacial score (nSPS) is 13.1. The molecule has 0 saturated carbocycles. The summed E-state index contributed by atoms with van der Waals surface area (Å²) in [6, 6.07) is 9.92. The predicted octanol–water partition coefficient (Wildman–Crippen LogP) is 1.49. The van der Waals surface area contributed by atoms with E-state index >= 15 is 0 Å². The molecule has 0 aliphatic carbocycles. The van der Waals surface area contributed by atoms with Crippen LogP contribution >= 0.6 is 0 Å². The summed E-state index contributed by atoms with van der Waals surface area (Å²) in [5.41, 5.74) is 6.85. The Bertz CT molecular complexity index is 385. The highest BCUT2D eigenvalue weighted by Crippen LogP contribution is 2.05. The van der Waals surface area contributed by atoms with Crippen LogP contribution in [0.1, 0.15) is 26.3 Å². The van der Waals surface area contributed by atoms with Gasteiger partial charge in [-0.15, -0.1) is 0 Å². The van der Waals surface area contributed by atoms with Gasteiger partial charge in [0.05, 0.1) is 5.60 Å². The van der Waals surface area contributed by atoms with Gasteiger partial charge in [0, 0.05) is 12.6 Å². The fraction of sp³-hybridized carbons (Fsp3) is 0.533. The predicted molar refractivity (Wildman–Crippen MR) is 76.8 cm³/mol. The largest absolute Gasteiger partial charge is 0.366 e. The molecule has 0 aliphatic rings. The van der Waals surface area contributed by atoms with Gasteiger partial charge >= 0.3 is 0 Å². The molecule has 4 heteroatoms. The van der Waals surface area contributed by atoms with Gasteiger partial charge in [0.15, 0.2) is 0 Å². The number of ether oxygens (including phenoxy) is 1. The van der Waals surface area contributed by atoms with Gasteiger partial charge in [-0.3, -0.25) is 4.79 Å². The lowest BCUT2D eigenvalue weighted by atomic mass is 10.1. The van der Waals surface area contributed by atoms with Crippen LogP contribution in [0.2, 0.25) is 0 Å². The van der Waals surface area contributed by atoms with E-state index in [-0.39, 0.29) is 24.2 Å². The molecule has 106 valence electrons. The van der Waals surface area contributed by atoms with Crippen molar-refractivity contribution in [1.29, 1.82) is 0 Å². The molecule has 1 unspecified atom stereocenters. The van der Waals surface area contributed by atoms with E-state index in [4.69, 9.17) is 10.5 Å². The molecule has 0 saturated heterocycles. The number of carbonyl (C=O) groups excluding carboxylic acids is 1. The van der Waals surface area contributed by atoms with E-state index in [1.807, 2.05) is 51.1 Å². The maximum absolute atomic E-state index is 11.6. The summed E-state index contributed by atoms with van der Waals surface area (Å²) in [6.07, 6.45) is 0.751. The first-order chi connectivity index (χ1) is 8.87. The second-order valence-electron chi connectivity index (χ2n) is 5.65.